The summed E-state index contributed by atoms with van der Waals surface area (Å²) in [6.07, 6.45) is 4.45. The summed E-state index contributed by atoms with van der Waals surface area (Å²) < 4.78 is 15.2. The van der Waals surface area contributed by atoms with Crippen molar-refractivity contribution in [1.82, 2.24) is 5.32 Å². The molecule has 0 spiro atoms. The van der Waals surface area contributed by atoms with Gasteiger partial charge >= 0.3 is 12.1 Å². The van der Waals surface area contributed by atoms with Crippen LogP contribution in [0.2, 0.25) is 0 Å². The van der Waals surface area contributed by atoms with E-state index in [4.69, 9.17) is 20.6 Å². The predicted octanol–water partition coefficient (Wildman–Crippen LogP) is 2.18. The zero-order valence-electron chi connectivity index (χ0n) is 15.3. The largest absolute Gasteiger partial charge is 0.481 e. The maximum absolute atomic E-state index is 12.0. The summed E-state index contributed by atoms with van der Waals surface area (Å²) in [7, 11) is 1.22. The Morgan fingerprint density at radius 3 is 2.58 bits per heavy atom. The Kier molecular flexibility index (Phi) is 7.49. The van der Waals surface area contributed by atoms with Crippen LogP contribution in [0.15, 0.2) is 18.2 Å². The molecule has 138 valence electrons. The number of nitriles is 1. The first-order valence-electron chi connectivity index (χ1n) is 7.86. The molecule has 26 heavy (non-hydrogen) atoms. The first kappa shape index (κ1) is 20.9. The fourth-order valence-electron chi connectivity index (χ4n) is 2.06. The summed E-state index contributed by atoms with van der Waals surface area (Å²) in [5.74, 6) is 2.13. The van der Waals surface area contributed by atoms with Crippen molar-refractivity contribution in [3.8, 4) is 24.2 Å². The number of ether oxygens (including phenoxy) is 3. The van der Waals surface area contributed by atoms with Crippen LogP contribution in [0.3, 0.4) is 0 Å². The molecule has 1 N–H and O–H groups in total. The quantitative estimate of drug-likeness (QED) is 0.618. The van der Waals surface area contributed by atoms with Crippen LogP contribution >= 0.6 is 0 Å². The molecule has 1 amide bonds. The van der Waals surface area contributed by atoms with Crippen molar-refractivity contribution in [2.45, 2.75) is 38.8 Å². The number of carbonyl (C=O) groups excluding carboxylic acids is 2. The maximum atomic E-state index is 12.0. The molecular formula is C19H22N2O5. The molecule has 0 bridgehead atoms. The highest BCUT2D eigenvalue weighted by atomic mass is 16.6. The molecular weight excluding hydrogens is 336 g/mol. The van der Waals surface area contributed by atoms with Gasteiger partial charge in [0, 0.05) is 6.42 Å². The van der Waals surface area contributed by atoms with Crippen LogP contribution in [-0.2, 0) is 20.7 Å². The zero-order chi connectivity index (χ0) is 19.7. The predicted molar refractivity (Wildman–Crippen MR) is 94.4 cm³/mol. The van der Waals surface area contributed by atoms with Crippen molar-refractivity contribution in [2.24, 2.45) is 0 Å². The number of hydrogen-bond acceptors (Lipinski definition) is 6. The summed E-state index contributed by atoms with van der Waals surface area (Å²) in [6.45, 7) is 5.21. The van der Waals surface area contributed by atoms with Gasteiger partial charge < -0.3 is 19.5 Å². The molecule has 0 aliphatic rings. The molecule has 0 saturated heterocycles. The highest BCUT2D eigenvalue weighted by molar-refractivity contribution is 5.81. The number of hydrogen-bond donors (Lipinski definition) is 1. The van der Waals surface area contributed by atoms with E-state index in [1.165, 1.54) is 13.2 Å². The standard InChI is InChI=1S/C19H22N2O5/c1-6-9-25-15-8-7-13(14(10-15)12-20)11-16(17(22)24-5)21-18(23)26-19(2,3)4/h1,7-8,10,16H,9,11H2,2-5H3,(H,21,23)/t16-/m0/s1. The lowest BCUT2D eigenvalue weighted by Crippen LogP contribution is -2.45. The Labute approximate surface area is 153 Å². The smallest absolute Gasteiger partial charge is 0.408 e. The lowest BCUT2D eigenvalue weighted by atomic mass is 10.0. The summed E-state index contributed by atoms with van der Waals surface area (Å²) in [6, 6.07) is 5.83. The topological polar surface area (TPSA) is 97.7 Å². The van der Waals surface area contributed by atoms with E-state index in [0.29, 0.717) is 16.9 Å². The van der Waals surface area contributed by atoms with Gasteiger partial charge in [-0.1, -0.05) is 12.0 Å². The Morgan fingerprint density at radius 1 is 1.35 bits per heavy atom. The molecule has 1 rings (SSSR count). The van der Waals surface area contributed by atoms with Gasteiger partial charge in [0.1, 0.15) is 24.0 Å². The van der Waals surface area contributed by atoms with Crippen molar-refractivity contribution in [1.29, 1.82) is 5.26 Å². The number of nitrogens with one attached hydrogen (secondary N) is 1. The number of benzene rings is 1. The first-order valence-corrected chi connectivity index (χ1v) is 7.86. The second kappa shape index (κ2) is 9.33. The first-order chi connectivity index (χ1) is 12.2. The Morgan fingerprint density at radius 2 is 2.04 bits per heavy atom. The summed E-state index contributed by atoms with van der Waals surface area (Å²) >= 11 is 0. The lowest BCUT2D eigenvalue weighted by Gasteiger charge is -2.23. The number of rotatable bonds is 6. The molecule has 0 saturated carbocycles. The number of alkyl carbamates (subject to hydrolysis) is 1. The van der Waals surface area contributed by atoms with E-state index in [1.54, 1.807) is 32.9 Å². The van der Waals surface area contributed by atoms with Gasteiger partial charge in [0.15, 0.2) is 0 Å². The molecule has 0 aromatic heterocycles. The minimum Gasteiger partial charge on any atom is -0.481 e. The molecule has 0 unspecified atom stereocenters. The van der Waals surface area contributed by atoms with Crippen molar-refractivity contribution in [3.05, 3.63) is 29.3 Å². The van der Waals surface area contributed by atoms with Crippen LogP contribution < -0.4 is 10.1 Å². The van der Waals surface area contributed by atoms with E-state index in [2.05, 4.69) is 11.2 Å². The van der Waals surface area contributed by atoms with Crippen molar-refractivity contribution in [2.75, 3.05) is 13.7 Å². The van der Waals surface area contributed by atoms with E-state index >= 15 is 0 Å². The lowest BCUT2D eigenvalue weighted by molar-refractivity contribution is -0.143. The third kappa shape index (κ3) is 6.74. The van der Waals surface area contributed by atoms with Gasteiger partial charge in [-0.2, -0.15) is 5.26 Å². The Bertz CT molecular complexity index is 738. The van der Waals surface area contributed by atoms with Crippen LogP contribution in [0.1, 0.15) is 31.9 Å². The van der Waals surface area contributed by atoms with Crippen molar-refractivity contribution >= 4 is 12.1 Å². The SMILES string of the molecule is C#CCOc1ccc(C[C@H](NC(=O)OC(C)(C)C)C(=O)OC)c(C#N)c1. The molecule has 1 atom stereocenters. The molecule has 0 aliphatic carbocycles. The molecule has 0 fully saturated rings. The van der Waals surface area contributed by atoms with Crippen molar-refractivity contribution in [3.63, 3.8) is 0 Å². The molecule has 0 aliphatic heterocycles. The minimum atomic E-state index is -1.00. The second-order valence-corrected chi connectivity index (χ2v) is 6.35. The fourth-order valence-corrected chi connectivity index (χ4v) is 2.06. The third-order valence-corrected chi connectivity index (χ3v) is 3.12. The second-order valence-electron chi connectivity index (χ2n) is 6.35. The van der Waals surface area contributed by atoms with Gasteiger partial charge in [-0.3, -0.25) is 0 Å². The third-order valence-electron chi connectivity index (χ3n) is 3.12. The number of methoxy groups -OCH3 is 1. The molecule has 0 radical (unpaired) electrons. The van der Waals surface area contributed by atoms with Crippen molar-refractivity contribution < 1.29 is 23.8 Å². The van der Waals surface area contributed by atoms with Crippen LogP contribution in [0.5, 0.6) is 5.75 Å². The van der Waals surface area contributed by atoms with E-state index in [9.17, 15) is 14.9 Å². The summed E-state index contributed by atoms with van der Waals surface area (Å²) in [4.78, 5) is 24.0. The number of terminal acetylenes is 1. The zero-order valence-corrected chi connectivity index (χ0v) is 15.3. The van der Waals surface area contributed by atoms with Gasteiger partial charge in [0.25, 0.3) is 0 Å². The van der Waals surface area contributed by atoms with Gasteiger partial charge in [-0.15, -0.1) is 6.42 Å². The van der Waals surface area contributed by atoms with Gasteiger partial charge in [-0.25, -0.2) is 9.59 Å². The normalized spacial score (nSPS) is 11.5. The molecule has 7 nitrogen and oxygen atoms in total. The number of amides is 1. The van der Waals surface area contributed by atoms with Gasteiger partial charge in [0.05, 0.1) is 18.7 Å². The molecule has 1 aromatic rings. The Balaban J connectivity index is 2.98. The highest BCUT2D eigenvalue weighted by Crippen LogP contribution is 2.19. The molecule has 1 aromatic carbocycles. The fraction of sp³-hybridized carbons (Fsp3) is 0.421. The van der Waals surface area contributed by atoms with E-state index in [1.807, 2.05) is 6.07 Å². The van der Waals surface area contributed by atoms with Gasteiger partial charge in [-0.05, 0) is 38.5 Å². The van der Waals surface area contributed by atoms with E-state index in [0.717, 1.165) is 0 Å². The Hall–Kier alpha value is -3.19. The van der Waals surface area contributed by atoms with Crippen LogP contribution in [0, 0.1) is 23.7 Å². The highest BCUT2D eigenvalue weighted by Gasteiger charge is 2.26. The molecule has 0 heterocycles. The average molecular weight is 358 g/mol. The number of nitrogens with zero attached hydrogens (tertiary/aromatic N) is 1. The van der Waals surface area contributed by atoms with Crippen LogP contribution in [-0.4, -0.2) is 37.4 Å². The molecule has 7 heteroatoms. The minimum absolute atomic E-state index is 0.0598. The van der Waals surface area contributed by atoms with E-state index < -0.39 is 23.7 Å². The van der Waals surface area contributed by atoms with Crippen LogP contribution in [0.4, 0.5) is 4.79 Å². The van der Waals surface area contributed by atoms with Gasteiger partial charge in [0.2, 0.25) is 0 Å². The van der Waals surface area contributed by atoms with E-state index in [-0.39, 0.29) is 13.0 Å². The van der Waals surface area contributed by atoms with Crippen LogP contribution in [0.25, 0.3) is 0 Å². The maximum Gasteiger partial charge on any atom is 0.408 e. The summed E-state index contributed by atoms with van der Waals surface area (Å²) in [5.41, 5.74) is 0.143. The monoisotopic (exact) mass is 358 g/mol. The summed E-state index contributed by atoms with van der Waals surface area (Å²) in [5, 5.41) is 11.8. The number of carbonyl (C=O) groups is 2. The average Bonchev–Trinajstić information content (AvgIpc) is 2.57. The number of esters is 1.